The summed E-state index contributed by atoms with van der Waals surface area (Å²) in [6.07, 6.45) is 1.02. The molecule has 18 heavy (non-hydrogen) atoms. The molecule has 1 aromatic rings. The van der Waals surface area contributed by atoms with Crippen molar-refractivity contribution in [2.45, 2.75) is 31.7 Å². The first kappa shape index (κ1) is 12.8. The third-order valence-corrected chi connectivity index (χ3v) is 3.39. The molecule has 2 amide bonds. The Balaban J connectivity index is 2.14. The van der Waals surface area contributed by atoms with Crippen molar-refractivity contribution in [3.63, 3.8) is 0 Å². The number of carbonyl (C=O) groups is 2. The van der Waals surface area contributed by atoms with Gasteiger partial charge in [-0.05, 0) is 12.0 Å². The lowest BCUT2D eigenvalue weighted by Gasteiger charge is -2.18. The Morgan fingerprint density at radius 2 is 2.00 bits per heavy atom. The van der Waals surface area contributed by atoms with E-state index >= 15 is 0 Å². The van der Waals surface area contributed by atoms with E-state index in [0.717, 1.165) is 12.0 Å². The van der Waals surface area contributed by atoms with Gasteiger partial charge in [0.05, 0.1) is 5.92 Å². The second kappa shape index (κ2) is 5.31. The minimum absolute atomic E-state index is 0.113. The average Bonchev–Trinajstić information content (AvgIpc) is 2.67. The predicted molar refractivity (Wildman–Crippen MR) is 68.8 cm³/mol. The number of likely N-dealkylation sites (tertiary alicyclic amines) is 1. The van der Waals surface area contributed by atoms with Crippen LogP contribution in [0.2, 0.25) is 0 Å². The van der Waals surface area contributed by atoms with Crippen molar-refractivity contribution in [2.24, 2.45) is 5.73 Å². The Morgan fingerprint density at radius 1 is 1.33 bits per heavy atom. The highest BCUT2D eigenvalue weighted by molar-refractivity contribution is 6.06. The van der Waals surface area contributed by atoms with Crippen LogP contribution in [0.5, 0.6) is 0 Å². The Hall–Kier alpha value is -1.68. The number of imide groups is 1. The molecule has 1 heterocycles. The molecule has 4 nitrogen and oxygen atoms in total. The van der Waals surface area contributed by atoms with E-state index in [9.17, 15) is 9.59 Å². The molecule has 0 saturated carbocycles. The molecule has 2 atom stereocenters. The van der Waals surface area contributed by atoms with Gasteiger partial charge in [-0.25, -0.2) is 0 Å². The molecular weight excluding hydrogens is 228 g/mol. The van der Waals surface area contributed by atoms with Crippen LogP contribution in [0.15, 0.2) is 30.3 Å². The van der Waals surface area contributed by atoms with Crippen LogP contribution in [-0.4, -0.2) is 29.3 Å². The smallest absolute Gasteiger partial charge is 0.237 e. The molecule has 96 valence electrons. The van der Waals surface area contributed by atoms with Crippen molar-refractivity contribution in [1.82, 2.24) is 4.90 Å². The quantitative estimate of drug-likeness (QED) is 0.814. The predicted octanol–water partition coefficient (Wildman–Crippen LogP) is 1.27. The highest BCUT2D eigenvalue weighted by atomic mass is 16.2. The van der Waals surface area contributed by atoms with Crippen LogP contribution in [-0.2, 0) is 9.59 Å². The summed E-state index contributed by atoms with van der Waals surface area (Å²) < 4.78 is 0. The fraction of sp³-hybridized carbons (Fsp3) is 0.429. The van der Waals surface area contributed by atoms with Crippen LogP contribution in [0.3, 0.4) is 0 Å². The molecule has 1 aliphatic heterocycles. The summed E-state index contributed by atoms with van der Waals surface area (Å²) in [4.78, 5) is 25.4. The minimum atomic E-state index is -0.331. The molecular formula is C14H18N2O2. The lowest BCUT2D eigenvalue weighted by atomic mass is 9.98. The highest BCUT2D eigenvalue weighted by Gasteiger charge is 2.39. The summed E-state index contributed by atoms with van der Waals surface area (Å²) in [5, 5.41) is 0. The molecule has 1 saturated heterocycles. The van der Waals surface area contributed by atoms with Gasteiger partial charge in [-0.3, -0.25) is 14.5 Å². The Morgan fingerprint density at radius 3 is 2.61 bits per heavy atom. The largest absolute Gasteiger partial charge is 0.326 e. The van der Waals surface area contributed by atoms with Crippen molar-refractivity contribution in [3.8, 4) is 0 Å². The van der Waals surface area contributed by atoms with Gasteiger partial charge < -0.3 is 5.73 Å². The lowest BCUT2D eigenvalue weighted by Crippen LogP contribution is -2.40. The number of nitrogens with two attached hydrogens (primary N) is 1. The Bertz CT molecular complexity index is 444. The molecule has 2 N–H and O–H groups in total. The number of hydrogen-bond acceptors (Lipinski definition) is 3. The number of rotatable bonds is 4. The molecule has 0 bridgehead atoms. The van der Waals surface area contributed by atoms with Crippen LogP contribution < -0.4 is 5.73 Å². The van der Waals surface area contributed by atoms with E-state index < -0.39 is 0 Å². The van der Waals surface area contributed by atoms with Gasteiger partial charge in [0.25, 0.3) is 0 Å². The highest BCUT2D eigenvalue weighted by Crippen LogP contribution is 2.29. The maximum absolute atomic E-state index is 12.2. The molecule has 1 aromatic carbocycles. The van der Waals surface area contributed by atoms with E-state index in [-0.39, 0.29) is 30.2 Å². The number of amides is 2. The zero-order valence-electron chi connectivity index (χ0n) is 10.5. The van der Waals surface area contributed by atoms with Gasteiger partial charge in [0.1, 0.15) is 0 Å². The standard InChI is InChI=1S/C14H18N2O2/c1-2-11(15)9-16-13(17)8-12(14(16)18)10-6-4-3-5-7-10/h3-7,11-12H,2,8-9,15H2,1H3. The summed E-state index contributed by atoms with van der Waals surface area (Å²) in [5.74, 6) is -0.560. The van der Waals surface area contributed by atoms with Gasteiger partial charge >= 0.3 is 0 Å². The molecule has 0 aliphatic carbocycles. The summed E-state index contributed by atoms with van der Waals surface area (Å²) in [6, 6.07) is 9.31. The molecule has 0 aromatic heterocycles. The van der Waals surface area contributed by atoms with Crippen molar-refractivity contribution in [2.75, 3.05) is 6.54 Å². The minimum Gasteiger partial charge on any atom is -0.326 e. The number of nitrogens with zero attached hydrogens (tertiary/aromatic N) is 1. The van der Waals surface area contributed by atoms with Crippen LogP contribution in [0.4, 0.5) is 0 Å². The molecule has 2 unspecified atom stereocenters. The monoisotopic (exact) mass is 246 g/mol. The van der Waals surface area contributed by atoms with Crippen molar-refractivity contribution < 1.29 is 9.59 Å². The lowest BCUT2D eigenvalue weighted by molar-refractivity contribution is -0.139. The SMILES string of the molecule is CCC(N)CN1C(=O)CC(c2ccccc2)C1=O. The zero-order chi connectivity index (χ0) is 13.1. The third kappa shape index (κ3) is 2.43. The maximum Gasteiger partial charge on any atom is 0.237 e. The van der Waals surface area contributed by atoms with E-state index in [0.29, 0.717) is 6.54 Å². The van der Waals surface area contributed by atoms with Crippen LogP contribution in [0.25, 0.3) is 0 Å². The summed E-state index contributed by atoms with van der Waals surface area (Å²) in [6.45, 7) is 2.28. The number of hydrogen-bond donors (Lipinski definition) is 1. The summed E-state index contributed by atoms with van der Waals surface area (Å²) in [7, 11) is 0. The second-order valence-electron chi connectivity index (χ2n) is 4.68. The van der Waals surface area contributed by atoms with Gasteiger partial charge in [-0.1, -0.05) is 37.3 Å². The van der Waals surface area contributed by atoms with E-state index in [4.69, 9.17) is 5.73 Å². The van der Waals surface area contributed by atoms with E-state index in [1.807, 2.05) is 37.3 Å². The number of benzene rings is 1. The molecule has 2 rings (SSSR count). The second-order valence-corrected chi connectivity index (χ2v) is 4.68. The first-order valence-electron chi connectivity index (χ1n) is 6.28. The Kier molecular flexibility index (Phi) is 3.77. The van der Waals surface area contributed by atoms with Gasteiger partial charge in [-0.15, -0.1) is 0 Å². The molecule has 4 heteroatoms. The van der Waals surface area contributed by atoms with Gasteiger partial charge in [0, 0.05) is 19.0 Å². The van der Waals surface area contributed by atoms with Gasteiger partial charge in [0.2, 0.25) is 11.8 Å². The maximum atomic E-state index is 12.2. The van der Waals surface area contributed by atoms with Crippen molar-refractivity contribution in [1.29, 1.82) is 0 Å². The molecule has 0 radical (unpaired) electrons. The van der Waals surface area contributed by atoms with Crippen molar-refractivity contribution in [3.05, 3.63) is 35.9 Å². The zero-order valence-corrected chi connectivity index (χ0v) is 10.5. The van der Waals surface area contributed by atoms with E-state index in [2.05, 4.69) is 0 Å². The molecule has 0 spiro atoms. The van der Waals surface area contributed by atoms with E-state index in [1.165, 1.54) is 4.90 Å². The molecule has 1 aliphatic rings. The topological polar surface area (TPSA) is 63.4 Å². The fourth-order valence-corrected chi connectivity index (χ4v) is 2.18. The summed E-state index contributed by atoms with van der Waals surface area (Å²) in [5.41, 5.74) is 6.72. The normalized spacial score (nSPS) is 21.4. The van der Waals surface area contributed by atoms with Gasteiger partial charge in [-0.2, -0.15) is 0 Å². The average molecular weight is 246 g/mol. The van der Waals surface area contributed by atoms with E-state index in [1.54, 1.807) is 0 Å². The first-order valence-corrected chi connectivity index (χ1v) is 6.28. The third-order valence-electron chi connectivity index (χ3n) is 3.39. The summed E-state index contributed by atoms with van der Waals surface area (Å²) >= 11 is 0. The van der Waals surface area contributed by atoms with Crippen LogP contribution in [0, 0.1) is 0 Å². The Labute approximate surface area is 107 Å². The first-order chi connectivity index (χ1) is 8.63. The van der Waals surface area contributed by atoms with Crippen LogP contribution in [0.1, 0.15) is 31.2 Å². The fourth-order valence-electron chi connectivity index (χ4n) is 2.18. The number of carbonyl (C=O) groups excluding carboxylic acids is 2. The molecule has 1 fully saturated rings. The van der Waals surface area contributed by atoms with Crippen molar-refractivity contribution >= 4 is 11.8 Å². The van der Waals surface area contributed by atoms with Gasteiger partial charge in [0.15, 0.2) is 0 Å². The van der Waals surface area contributed by atoms with Crippen LogP contribution >= 0.6 is 0 Å².